The minimum Gasteiger partial charge on any atom is -0.374 e. The largest absolute Gasteiger partial charge is 0.416 e. The van der Waals surface area contributed by atoms with Crippen molar-refractivity contribution in [2.75, 3.05) is 25.0 Å². The van der Waals surface area contributed by atoms with Crippen LogP contribution in [0, 0.1) is 0 Å². The molecule has 4 aromatic rings. The molecule has 1 aliphatic heterocycles. The second-order valence-corrected chi connectivity index (χ2v) is 13.0. The molecule has 2 heterocycles. The zero-order chi connectivity index (χ0) is 35.9. The highest BCUT2D eigenvalue weighted by Gasteiger charge is 2.34. The molecule has 52 heavy (non-hydrogen) atoms. The molecular weight excluding hydrogens is 720 g/mol. The van der Waals surface area contributed by atoms with Crippen molar-refractivity contribution in [1.82, 2.24) is 19.8 Å². The summed E-state index contributed by atoms with van der Waals surface area (Å²) in [5.74, 6) is -1.29. The molecule has 1 saturated heterocycles. The number of carbonyl (C=O) groups is 3. The number of ether oxygens (including phenoxy) is 1. The second-order valence-electron chi connectivity index (χ2n) is 13.0. The van der Waals surface area contributed by atoms with Gasteiger partial charge in [-0.3, -0.25) is 14.4 Å². The average molecular weight is 764 g/mol. The van der Waals surface area contributed by atoms with E-state index in [1.807, 2.05) is 60.7 Å². The van der Waals surface area contributed by atoms with Gasteiger partial charge in [0.05, 0.1) is 30.6 Å². The van der Waals surface area contributed by atoms with Gasteiger partial charge in [0.1, 0.15) is 12.1 Å². The molecule has 5 rings (SSSR count). The Bertz CT molecular complexity index is 1760. The molecule has 4 N–H and O–H groups in total. The first-order chi connectivity index (χ1) is 23.8. The van der Waals surface area contributed by atoms with E-state index in [0.717, 1.165) is 11.6 Å². The van der Waals surface area contributed by atoms with E-state index in [2.05, 4.69) is 15.6 Å². The van der Waals surface area contributed by atoms with Crippen molar-refractivity contribution in [3.63, 3.8) is 0 Å². The first-order valence-electron chi connectivity index (χ1n) is 16.4. The van der Waals surface area contributed by atoms with Gasteiger partial charge in [0.2, 0.25) is 11.8 Å². The van der Waals surface area contributed by atoms with Crippen molar-refractivity contribution < 1.29 is 32.3 Å². The number of nitrogens with two attached hydrogens (primary N) is 1. The van der Waals surface area contributed by atoms with Crippen LogP contribution in [0.2, 0.25) is 0 Å². The number of hydrogen-bond acceptors (Lipinski definition) is 6. The van der Waals surface area contributed by atoms with Gasteiger partial charge in [0.25, 0.3) is 5.91 Å². The Labute approximate surface area is 313 Å². The van der Waals surface area contributed by atoms with Gasteiger partial charge in [-0.15, -0.1) is 24.8 Å². The molecule has 0 bridgehead atoms. The number of piperidine rings is 1. The lowest BCUT2D eigenvalue weighted by molar-refractivity contribution is -0.137. The first kappa shape index (κ1) is 42.0. The number of carbonyl (C=O) groups excluding carboxylic acids is 3. The standard InChI is InChI=1S/C37H41F3N6O4.2ClH/c1-36(2,41)35(49)43-30(23-50-22-25-10-5-3-6-11-25)33(47)44-31-21-46(24-42-31)32(27-12-7-4-8-13-27)34(48)45-18-16-26(17-19-45)28-14-9-15-29(20-28)37(38,39)40;;/h3-15,20-21,24,26,30,32H,16-19,22-23,41H2,1-2H3,(H,43,49)(H,44,47);2*1H/t30-,32?;;/m1../s1. The van der Waals surface area contributed by atoms with Crippen LogP contribution in [0.3, 0.4) is 0 Å². The molecule has 3 aromatic carbocycles. The van der Waals surface area contributed by atoms with Gasteiger partial charge >= 0.3 is 6.18 Å². The minimum absolute atomic E-state index is 0. The maximum Gasteiger partial charge on any atom is 0.416 e. The number of likely N-dealkylation sites (tertiary alicyclic amines) is 1. The van der Waals surface area contributed by atoms with E-state index in [4.69, 9.17) is 10.5 Å². The smallest absolute Gasteiger partial charge is 0.374 e. The summed E-state index contributed by atoms with van der Waals surface area (Å²) in [4.78, 5) is 46.3. The van der Waals surface area contributed by atoms with Gasteiger partial charge in [-0.25, -0.2) is 4.98 Å². The summed E-state index contributed by atoms with van der Waals surface area (Å²) >= 11 is 0. The molecular formula is C37H43Cl2F3N6O4. The maximum absolute atomic E-state index is 14.1. The summed E-state index contributed by atoms with van der Waals surface area (Å²) < 4.78 is 47.3. The van der Waals surface area contributed by atoms with Gasteiger partial charge in [0, 0.05) is 19.3 Å². The van der Waals surface area contributed by atoms with Crippen LogP contribution in [0.4, 0.5) is 19.0 Å². The van der Waals surface area contributed by atoms with Crippen LogP contribution in [-0.4, -0.2) is 63.4 Å². The van der Waals surface area contributed by atoms with E-state index < -0.39 is 41.2 Å². The van der Waals surface area contributed by atoms with Crippen LogP contribution in [0.15, 0.2) is 97.5 Å². The number of imidazole rings is 1. The number of amides is 3. The molecule has 1 aliphatic rings. The summed E-state index contributed by atoms with van der Waals surface area (Å²) in [6.07, 6.45) is -0.411. The Morgan fingerprint density at radius 3 is 2.19 bits per heavy atom. The number of alkyl halides is 3. The summed E-state index contributed by atoms with van der Waals surface area (Å²) in [6.45, 7) is 3.87. The zero-order valence-electron chi connectivity index (χ0n) is 28.7. The third kappa shape index (κ3) is 11.0. The molecule has 1 fully saturated rings. The average Bonchev–Trinajstić information content (AvgIpc) is 3.55. The van der Waals surface area contributed by atoms with Crippen LogP contribution in [0.25, 0.3) is 0 Å². The van der Waals surface area contributed by atoms with Gasteiger partial charge in [-0.2, -0.15) is 13.2 Å². The van der Waals surface area contributed by atoms with Crippen molar-refractivity contribution in [2.45, 2.75) is 63.0 Å². The number of anilines is 1. The topological polar surface area (TPSA) is 132 Å². The Morgan fingerprint density at radius 1 is 0.942 bits per heavy atom. The number of nitrogens with zero attached hydrogens (tertiary/aromatic N) is 3. The first-order valence-corrected chi connectivity index (χ1v) is 16.4. The van der Waals surface area contributed by atoms with Crippen LogP contribution in [0.1, 0.15) is 60.9 Å². The Hall–Kier alpha value is -4.43. The number of halogens is 5. The monoisotopic (exact) mass is 762 g/mol. The predicted molar refractivity (Wildman–Crippen MR) is 196 cm³/mol. The van der Waals surface area contributed by atoms with Crippen molar-refractivity contribution >= 4 is 48.4 Å². The van der Waals surface area contributed by atoms with E-state index in [9.17, 15) is 27.6 Å². The van der Waals surface area contributed by atoms with Gasteiger partial charge < -0.3 is 30.6 Å². The Balaban J connectivity index is 0.00000364. The Morgan fingerprint density at radius 2 is 1.58 bits per heavy atom. The van der Waals surface area contributed by atoms with Crippen LogP contribution < -0.4 is 16.4 Å². The third-order valence-corrected chi connectivity index (χ3v) is 8.60. The lowest BCUT2D eigenvalue weighted by atomic mass is 9.88. The molecule has 0 spiro atoms. The normalized spacial score (nSPS) is 14.7. The molecule has 3 amide bonds. The Kier molecular flexibility index (Phi) is 14.8. The van der Waals surface area contributed by atoms with Crippen molar-refractivity contribution in [3.8, 4) is 0 Å². The van der Waals surface area contributed by atoms with E-state index in [0.29, 0.717) is 37.1 Å². The lowest BCUT2D eigenvalue weighted by Gasteiger charge is -2.35. The van der Waals surface area contributed by atoms with Crippen LogP contribution in [0.5, 0.6) is 0 Å². The number of aromatic nitrogens is 2. The fraction of sp³-hybridized carbons (Fsp3) is 0.351. The lowest BCUT2D eigenvalue weighted by Crippen LogP contribution is -2.56. The van der Waals surface area contributed by atoms with Crippen LogP contribution >= 0.6 is 24.8 Å². The quantitative estimate of drug-likeness (QED) is 0.160. The van der Waals surface area contributed by atoms with E-state index in [1.54, 1.807) is 21.7 Å². The second kappa shape index (κ2) is 18.4. The number of hydrogen-bond donors (Lipinski definition) is 3. The predicted octanol–water partition coefficient (Wildman–Crippen LogP) is 6.12. The molecule has 0 saturated carbocycles. The van der Waals surface area contributed by atoms with Gasteiger partial charge in [-0.05, 0) is 55.4 Å². The molecule has 1 unspecified atom stereocenters. The number of benzene rings is 3. The van der Waals surface area contributed by atoms with Crippen molar-refractivity contribution in [1.29, 1.82) is 0 Å². The van der Waals surface area contributed by atoms with E-state index in [-0.39, 0.29) is 55.7 Å². The molecule has 15 heteroatoms. The summed E-state index contributed by atoms with van der Waals surface area (Å²) in [7, 11) is 0. The molecule has 0 aliphatic carbocycles. The maximum atomic E-state index is 14.1. The zero-order valence-corrected chi connectivity index (χ0v) is 30.3. The molecule has 2 atom stereocenters. The van der Waals surface area contributed by atoms with Crippen LogP contribution in [-0.2, 0) is 31.9 Å². The fourth-order valence-electron chi connectivity index (χ4n) is 5.80. The molecule has 10 nitrogen and oxygen atoms in total. The number of nitrogens with one attached hydrogen (secondary N) is 2. The van der Waals surface area contributed by atoms with Crippen molar-refractivity contribution in [3.05, 3.63) is 120 Å². The van der Waals surface area contributed by atoms with E-state index in [1.165, 1.54) is 32.3 Å². The fourth-order valence-corrected chi connectivity index (χ4v) is 5.80. The summed E-state index contributed by atoms with van der Waals surface area (Å²) in [5, 5.41) is 5.37. The molecule has 1 aromatic heterocycles. The highest BCUT2D eigenvalue weighted by Crippen LogP contribution is 2.35. The summed E-state index contributed by atoms with van der Waals surface area (Å²) in [5.41, 5.74) is 6.23. The molecule has 0 radical (unpaired) electrons. The minimum atomic E-state index is -4.43. The SMILES string of the molecule is CC(C)(N)C(=O)N[C@H](COCc1ccccc1)C(=O)Nc1cn(C(C(=O)N2CCC(c3cccc(C(F)(F)F)c3)CC2)c2ccccc2)cn1.Cl.Cl. The van der Waals surface area contributed by atoms with Gasteiger partial charge in [-0.1, -0.05) is 78.9 Å². The highest BCUT2D eigenvalue weighted by atomic mass is 35.5. The molecule has 280 valence electrons. The third-order valence-electron chi connectivity index (χ3n) is 8.60. The van der Waals surface area contributed by atoms with Crippen molar-refractivity contribution in [2.24, 2.45) is 5.73 Å². The van der Waals surface area contributed by atoms with E-state index >= 15 is 0 Å². The highest BCUT2D eigenvalue weighted by molar-refractivity contribution is 5.98. The summed E-state index contributed by atoms with van der Waals surface area (Å²) in [6, 6.07) is 22.0. The van der Waals surface area contributed by atoms with Gasteiger partial charge in [0.15, 0.2) is 5.82 Å². The number of rotatable bonds is 12.